The second kappa shape index (κ2) is 27.2. The summed E-state index contributed by atoms with van der Waals surface area (Å²) in [5, 5.41) is 45.3. The molecule has 0 bridgehead atoms. The Morgan fingerprint density at radius 2 is 1.56 bits per heavy atom. The van der Waals surface area contributed by atoms with Crippen molar-refractivity contribution in [3.8, 4) is 17.2 Å². The van der Waals surface area contributed by atoms with Gasteiger partial charge in [0.05, 0.1) is 49.2 Å². The largest absolute Gasteiger partial charge is 0.507 e. The molecule has 0 spiro atoms. The van der Waals surface area contributed by atoms with Crippen molar-refractivity contribution >= 4 is 58.7 Å². The number of anilines is 1. The van der Waals surface area contributed by atoms with Crippen LogP contribution in [0.15, 0.2) is 54.6 Å². The molecule has 10 rings (SSSR count). The monoisotopic (exact) mass is 1240 g/mol. The number of carbonyl (C=O) groups excluding carboxylic acids is 9. The number of hydrogen-bond acceptors (Lipinski definition) is 21. The number of phenolic OH excluding ortho intramolecular Hbond substituents is 2. The molecule has 5 aliphatic heterocycles. The molecule has 478 valence electrons. The molecule has 3 aromatic carbocycles. The van der Waals surface area contributed by atoms with Crippen LogP contribution in [0.2, 0.25) is 0 Å². The van der Waals surface area contributed by atoms with Crippen LogP contribution in [0.4, 0.5) is 10.5 Å². The van der Waals surface area contributed by atoms with Crippen molar-refractivity contribution in [2.75, 3.05) is 72.0 Å². The molecule has 26 nitrogen and oxygen atoms in total. The predicted octanol–water partition coefficient (Wildman–Crippen LogP) is 3.13. The summed E-state index contributed by atoms with van der Waals surface area (Å²) in [6.45, 7) is 8.68. The van der Waals surface area contributed by atoms with Gasteiger partial charge in [0, 0.05) is 113 Å². The fourth-order valence-corrected chi connectivity index (χ4v) is 12.9. The maximum absolute atomic E-state index is 14.7. The summed E-state index contributed by atoms with van der Waals surface area (Å²) >= 11 is 0. The second-order valence-electron chi connectivity index (χ2n) is 24.0. The van der Waals surface area contributed by atoms with Crippen molar-refractivity contribution in [3.63, 3.8) is 0 Å². The van der Waals surface area contributed by atoms with E-state index in [1.165, 1.54) is 56.4 Å². The van der Waals surface area contributed by atoms with Crippen molar-refractivity contribution in [1.82, 2.24) is 30.2 Å². The van der Waals surface area contributed by atoms with E-state index in [1.54, 1.807) is 43.0 Å². The number of unbranched alkanes of at least 4 members (excludes halogenated alkanes) is 2. The number of carbonyl (C=O) groups is 9. The van der Waals surface area contributed by atoms with E-state index in [4.69, 9.17) is 33.2 Å². The maximum atomic E-state index is 14.7. The Balaban J connectivity index is 0.734. The maximum Gasteiger partial charge on any atom is 0.410 e. The van der Waals surface area contributed by atoms with Gasteiger partial charge in [-0.25, -0.2) is 4.79 Å². The lowest BCUT2D eigenvalue weighted by Crippen LogP contribution is -2.55. The number of rotatable bonds is 21. The van der Waals surface area contributed by atoms with Crippen LogP contribution in [0.3, 0.4) is 0 Å². The van der Waals surface area contributed by atoms with Crippen molar-refractivity contribution in [2.24, 2.45) is 5.92 Å². The number of methoxy groups -OCH3 is 2. The van der Waals surface area contributed by atoms with Gasteiger partial charge in [0.15, 0.2) is 30.4 Å². The van der Waals surface area contributed by atoms with Gasteiger partial charge in [-0.15, -0.1) is 0 Å². The first-order chi connectivity index (χ1) is 42.6. The summed E-state index contributed by atoms with van der Waals surface area (Å²) in [5.74, 6) is -5.84. The number of hydrogen-bond donors (Lipinski definition) is 6. The standard InChI is InChI=1S/C63H77N7O19/c1-33(2)52(66-44(72)14-8-7-9-23-70-45(73)19-20-46(70)74)59(80)64-34(3)58(79)65-37-17-15-36(16-18-37)32-86-62(81)68-22-11-21-67(24-25-68)31-43(71)63(82)29-39-49(56(78)51-50(54(39)76)53(75)38-12-10-13-41(83-5)48(38)55(51)77)42(30-63)88-47-28-40-57(35(4)87-47)89-60-61(84-6)85-27-26-69(40)60/h10,12-13,15-20,33-35,40,42,47,52,57,60-61,76,78,82H,7-9,11,14,21-32H2,1-6H3,(H,64,80)(H,65,79)(H,66,72)/t34-,35-,40-,42-,47-,52-,57+,60+,61-,63-/m0/s1. The first-order valence-corrected chi connectivity index (χ1v) is 30.3. The fourth-order valence-electron chi connectivity index (χ4n) is 12.9. The highest BCUT2D eigenvalue weighted by atomic mass is 16.7. The summed E-state index contributed by atoms with van der Waals surface area (Å²) < 4.78 is 42.0. The van der Waals surface area contributed by atoms with Gasteiger partial charge in [0.2, 0.25) is 23.5 Å². The summed E-state index contributed by atoms with van der Waals surface area (Å²) in [5.41, 5.74) is -2.54. The number of nitrogens with zero attached hydrogens (tertiary/aromatic N) is 4. The van der Waals surface area contributed by atoms with E-state index in [2.05, 4.69) is 20.9 Å². The lowest BCUT2D eigenvalue weighted by Gasteiger charge is -2.43. The molecule has 6 amide bonds. The summed E-state index contributed by atoms with van der Waals surface area (Å²) in [6, 6.07) is 8.89. The van der Waals surface area contributed by atoms with Gasteiger partial charge in [0.1, 0.15) is 47.6 Å². The number of amides is 6. The average Bonchev–Trinajstić information content (AvgIpc) is 1.42. The summed E-state index contributed by atoms with van der Waals surface area (Å²) in [6.07, 6.45) is -1.19. The minimum Gasteiger partial charge on any atom is -0.507 e. The third kappa shape index (κ3) is 13.5. The number of morpholine rings is 1. The van der Waals surface area contributed by atoms with Crippen molar-refractivity contribution < 1.29 is 91.6 Å². The fraction of sp³-hybridized carbons (Fsp3) is 0.540. The van der Waals surface area contributed by atoms with Crippen LogP contribution in [0.5, 0.6) is 17.2 Å². The number of aliphatic hydroxyl groups is 1. The van der Waals surface area contributed by atoms with Gasteiger partial charge < -0.3 is 69.3 Å². The van der Waals surface area contributed by atoms with E-state index in [0.29, 0.717) is 56.6 Å². The molecule has 7 aliphatic rings. The number of aromatic hydroxyl groups is 2. The van der Waals surface area contributed by atoms with Gasteiger partial charge in [-0.1, -0.05) is 44.5 Å². The Bertz CT molecular complexity index is 3280. The number of Topliss-reactive ketones (excluding diaryl/α,β-unsaturated/α-hetero) is 1. The normalized spacial score (nSPS) is 25.7. The summed E-state index contributed by atoms with van der Waals surface area (Å²) in [7, 11) is 2.87. The van der Waals surface area contributed by atoms with Crippen LogP contribution >= 0.6 is 0 Å². The molecular formula is C63H77N7O19. The predicted molar refractivity (Wildman–Crippen MR) is 313 cm³/mol. The van der Waals surface area contributed by atoms with E-state index in [9.17, 15) is 58.5 Å². The number of fused-ring (bicyclic) bond motifs is 6. The van der Waals surface area contributed by atoms with Crippen molar-refractivity contribution in [1.29, 1.82) is 0 Å². The zero-order valence-electron chi connectivity index (χ0n) is 50.7. The van der Waals surface area contributed by atoms with E-state index in [0.717, 1.165) is 4.90 Å². The molecule has 0 saturated carbocycles. The van der Waals surface area contributed by atoms with Crippen LogP contribution < -0.4 is 20.7 Å². The van der Waals surface area contributed by atoms with Gasteiger partial charge in [-0.2, -0.15) is 0 Å². The van der Waals surface area contributed by atoms with Gasteiger partial charge in [-0.05, 0) is 62.8 Å². The first-order valence-electron chi connectivity index (χ1n) is 30.3. The molecular weight excluding hydrogens is 1160 g/mol. The molecule has 0 aromatic heterocycles. The number of benzene rings is 3. The van der Waals surface area contributed by atoms with Crippen LogP contribution in [-0.4, -0.2) is 209 Å². The topological polar surface area (TPSA) is 328 Å². The SMILES string of the molecule is COc1cccc2c1C(=O)c1c(O)c3c(c(O)c1C2=O)C[C@@](O)(C(=O)CN1CCCN(C(=O)OCc2ccc(NC(=O)[C@H](C)NC(=O)[C@@H](NC(=O)CCCCCN4C(=O)C=CC4=O)C(C)C)cc2)CC1)C[C@@H]3O[C@H]1C[C@H]2[C@H](O[C@@H]3[C@@H](OC)OCCN32)[C@H](C)O1. The lowest BCUT2D eigenvalue weighted by molar-refractivity contribution is -0.256. The highest BCUT2D eigenvalue weighted by Gasteiger charge is 2.55. The zero-order valence-corrected chi connectivity index (χ0v) is 50.7. The first kappa shape index (κ1) is 64.3. The van der Waals surface area contributed by atoms with E-state index >= 15 is 0 Å². The van der Waals surface area contributed by atoms with Crippen LogP contribution in [0.25, 0.3) is 0 Å². The Kier molecular flexibility index (Phi) is 19.6. The minimum absolute atomic E-state index is 0.0631. The van der Waals surface area contributed by atoms with Gasteiger partial charge >= 0.3 is 6.09 Å². The summed E-state index contributed by atoms with van der Waals surface area (Å²) in [4.78, 5) is 126. The molecule has 89 heavy (non-hydrogen) atoms. The van der Waals surface area contributed by atoms with E-state index < -0.39 is 126 Å². The van der Waals surface area contributed by atoms with E-state index in [1.807, 2.05) is 6.92 Å². The highest BCUT2D eigenvalue weighted by molar-refractivity contribution is 6.31. The van der Waals surface area contributed by atoms with Crippen LogP contribution in [0.1, 0.15) is 127 Å². The number of ether oxygens (including phenoxy) is 7. The quantitative estimate of drug-likeness (QED) is 0.0396. The number of nitrogens with one attached hydrogen (secondary N) is 3. The zero-order chi connectivity index (χ0) is 63.6. The third-order valence-electron chi connectivity index (χ3n) is 17.7. The number of imide groups is 1. The third-order valence-corrected chi connectivity index (χ3v) is 17.7. The Hall–Kier alpha value is -7.69. The van der Waals surface area contributed by atoms with Gasteiger partial charge in [0.25, 0.3) is 11.8 Å². The Morgan fingerprint density at radius 1 is 0.820 bits per heavy atom. The Labute approximate surface area is 514 Å². The molecule has 5 heterocycles. The molecule has 0 radical (unpaired) electrons. The van der Waals surface area contributed by atoms with Crippen LogP contribution in [0, 0.1) is 5.92 Å². The lowest BCUT2D eigenvalue weighted by atomic mass is 9.71. The van der Waals surface area contributed by atoms with Crippen molar-refractivity contribution in [3.05, 3.63) is 93.6 Å². The molecule has 0 unspecified atom stereocenters. The molecule has 2 aliphatic carbocycles. The van der Waals surface area contributed by atoms with Crippen molar-refractivity contribution in [2.45, 2.75) is 147 Å². The molecule has 6 N–H and O–H groups in total. The molecule has 4 fully saturated rings. The van der Waals surface area contributed by atoms with E-state index in [-0.39, 0.29) is 110 Å². The smallest absolute Gasteiger partial charge is 0.410 e. The molecule has 4 saturated heterocycles. The number of phenols is 2. The highest BCUT2D eigenvalue weighted by Crippen LogP contribution is 2.53. The molecule has 10 atom stereocenters. The molecule has 3 aromatic rings. The second-order valence-corrected chi connectivity index (χ2v) is 24.0. The van der Waals surface area contributed by atoms with Gasteiger partial charge in [-0.3, -0.25) is 53.1 Å². The van der Waals surface area contributed by atoms with Crippen LogP contribution in [-0.2, 0) is 70.2 Å². The molecule has 26 heteroatoms. The average molecular weight is 1240 g/mol. The minimum atomic E-state index is -2.25. The Morgan fingerprint density at radius 3 is 2.28 bits per heavy atom. The number of ketones is 3.